The number of ether oxygens (including phenoxy) is 1. The van der Waals surface area contributed by atoms with Crippen molar-refractivity contribution in [3.05, 3.63) is 35.5 Å². The lowest BCUT2D eigenvalue weighted by molar-refractivity contribution is 0.0760. The zero-order valence-corrected chi connectivity index (χ0v) is 15.3. The largest absolute Gasteiger partial charge is 0.374 e. The average molecular weight is 318 g/mol. The van der Waals surface area contributed by atoms with E-state index in [1.165, 1.54) is 49.7 Å². The van der Waals surface area contributed by atoms with Crippen LogP contribution in [0.25, 0.3) is 0 Å². The quantitative estimate of drug-likeness (QED) is 0.468. The molecule has 1 aliphatic carbocycles. The van der Waals surface area contributed by atoms with Crippen LogP contribution < -0.4 is 5.32 Å². The van der Waals surface area contributed by atoms with Gasteiger partial charge in [0.2, 0.25) is 0 Å². The van der Waals surface area contributed by atoms with Crippen molar-refractivity contribution in [2.75, 3.05) is 13.2 Å². The van der Waals surface area contributed by atoms with Crippen LogP contribution in [-0.4, -0.2) is 25.3 Å². The van der Waals surface area contributed by atoms with Gasteiger partial charge in [-0.15, -0.1) is 0 Å². The molecule has 0 aromatic rings. The Balaban J connectivity index is 1.79. The molecule has 0 radical (unpaired) electrons. The van der Waals surface area contributed by atoms with Crippen molar-refractivity contribution < 1.29 is 4.74 Å². The molecule has 1 N–H and O–H groups in total. The third kappa shape index (κ3) is 5.93. The summed E-state index contributed by atoms with van der Waals surface area (Å²) in [5.41, 5.74) is 2.93. The second kappa shape index (κ2) is 10.1. The first kappa shape index (κ1) is 18.5. The molecule has 0 aromatic carbocycles. The highest BCUT2D eigenvalue weighted by Gasteiger charge is 2.26. The number of hydrogen-bond donors (Lipinski definition) is 1. The molecule has 2 heteroatoms. The number of rotatable bonds is 9. The fraction of sp³-hybridized carbons (Fsp3) is 0.714. The Kier molecular flexibility index (Phi) is 8.11. The van der Waals surface area contributed by atoms with Crippen LogP contribution in [0.4, 0.5) is 0 Å². The summed E-state index contributed by atoms with van der Waals surface area (Å²) in [7, 11) is 0. The van der Waals surface area contributed by atoms with Gasteiger partial charge in [0, 0.05) is 19.2 Å². The minimum Gasteiger partial charge on any atom is -0.374 e. The van der Waals surface area contributed by atoms with Crippen molar-refractivity contribution in [1.29, 1.82) is 0 Å². The number of hydrogen-bond acceptors (Lipinski definition) is 2. The topological polar surface area (TPSA) is 21.3 Å². The summed E-state index contributed by atoms with van der Waals surface area (Å²) in [4.78, 5) is 0. The minimum atomic E-state index is 0.310. The maximum Gasteiger partial charge on any atom is 0.0820 e. The van der Waals surface area contributed by atoms with Crippen LogP contribution in [0.5, 0.6) is 0 Å². The predicted molar refractivity (Wildman–Crippen MR) is 99.7 cm³/mol. The standard InChI is InChI=1S/C21H35NO/c1-4-6-8-9-10-20-15-19(16-22-20)18-11-12-21(17(3)14-18)23-13-7-5-2/h9-11,14,19-22H,4-8,12-13,15-16H2,1-3H3/b10-9+. The van der Waals surface area contributed by atoms with Crippen LogP contribution >= 0.6 is 0 Å². The molecule has 0 aromatic heterocycles. The highest BCUT2D eigenvalue weighted by Crippen LogP contribution is 2.30. The summed E-state index contributed by atoms with van der Waals surface area (Å²) in [5, 5.41) is 3.66. The summed E-state index contributed by atoms with van der Waals surface area (Å²) >= 11 is 0. The zero-order chi connectivity index (χ0) is 16.5. The average Bonchev–Trinajstić information content (AvgIpc) is 3.02. The lowest BCUT2D eigenvalue weighted by Gasteiger charge is -2.24. The van der Waals surface area contributed by atoms with Crippen LogP contribution in [0.15, 0.2) is 35.5 Å². The first-order valence-corrected chi connectivity index (χ1v) is 9.64. The maximum atomic E-state index is 6.00. The van der Waals surface area contributed by atoms with Gasteiger partial charge in [-0.05, 0) is 49.7 Å². The number of unbranched alkanes of at least 4 members (excludes halogenated alkanes) is 3. The van der Waals surface area contributed by atoms with Gasteiger partial charge in [-0.1, -0.05) is 57.4 Å². The van der Waals surface area contributed by atoms with E-state index in [0.29, 0.717) is 18.1 Å². The summed E-state index contributed by atoms with van der Waals surface area (Å²) in [6.07, 6.45) is 18.3. The molecule has 0 bridgehead atoms. The van der Waals surface area contributed by atoms with E-state index in [1.807, 2.05) is 0 Å². The molecular formula is C21H35NO. The summed E-state index contributed by atoms with van der Waals surface area (Å²) in [6.45, 7) is 8.70. The van der Waals surface area contributed by atoms with Crippen LogP contribution in [0, 0.1) is 5.92 Å². The van der Waals surface area contributed by atoms with E-state index in [9.17, 15) is 0 Å². The van der Waals surface area contributed by atoms with Gasteiger partial charge in [0.25, 0.3) is 0 Å². The lowest BCUT2D eigenvalue weighted by atomic mass is 9.88. The molecule has 0 saturated carbocycles. The summed E-state index contributed by atoms with van der Waals surface area (Å²) < 4.78 is 6.00. The Morgan fingerprint density at radius 3 is 2.83 bits per heavy atom. The Hall–Kier alpha value is -0.860. The molecule has 0 spiro atoms. The lowest BCUT2D eigenvalue weighted by Crippen LogP contribution is -2.20. The van der Waals surface area contributed by atoms with Crippen LogP contribution in [0.2, 0.25) is 0 Å². The van der Waals surface area contributed by atoms with Crippen LogP contribution in [0.1, 0.15) is 65.7 Å². The van der Waals surface area contributed by atoms with Gasteiger partial charge in [0.1, 0.15) is 0 Å². The third-order valence-electron chi connectivity index (χ3n) is 5.02. The monoisotopic (exact) mass is 317 g/mol. The molecule has 1 heterocycles. The second-order valence-electron chi connectivity index (χ2n) is 7.06. The number of allylic oxidation sites excluding steroid dienone is 2. The Bertz CT molecular complexity index is 435. The normalized spacial score (nSPS) is 28.2. The van der Waals surface area contributed by atoms with Crippen molar-refractivity contribution in [3.8, 4) is 0 Å². The molecule has 130 valence electrons. The smallest absolute Gasteiger partial charge is 0.0820 e. The van der Waals surface area contributed by atoms with E-state index >= 15 is 0 Å². The molecule has 1 fully saturated rings. The molecular weight excluding hydrogens is 282 g/mol. The van der Waals surface area contributed by atoms with Crippen molar-refractivity contribution in [2.24, 2.45) is 5.92 Å². The van der Waals surface area contributed by atoms with Gasteiger partial charge in [-0.3, -0.25) is 0 Å². The fourth-order valence-electron chi connectivity index (χ4n) is 3.45. The Morgan fingerprint density at radius 1 is 1.26 bits per heavy atom. The van der Waals surface area contributed by atoms with Crippen molar-refractivity contribution >= 4 is 0 Å². The van der Waals surface area contributed by atoms with Crippen LogP contribution in [-0.2, 0) is 4.74 Å². The van der Waals surface area contributed by atoms with Gasteiger partial charge in [0.15, 0.2) is 0 Å². The van der Waals surface area contributed by atoms with Gasteiger partial charge in [0.05, 0.1) is 6.10 Å². The fourth-order valence-corrected chi connectivity index (χ4v) is 3.45. The van der Waals surface area contributed by atoms with Crippen molar-refractivity contribution in [1.82, 2.24) is 5.32 Å². The van der Waals surface area contributed by atoms with Gasteiger partial charge in [-0.25, -0.2) is 0 Å². The van der Waals surface area contributed by atoms with E-state index in [2.05, 4.69) is 50.4 Å². The predicted octanol–water partition coefficient (Wildman–Crippen LogP) is 5.17. The Labute approximate surface area is 143 Å². The highest BCUT2D eigenvalue weighted by molar-refractivity contribution is 5.33. The maximum absolute atomic E-state index is 6.00. The minimum absolute atomic E-state index is 0.310. The van der Waals surface area contributed by atoms with E-state index in [0.717, 1.165) is 19.6 Å². The van der Waals surface area contributed by atoms with Gasteiger partial charge in [-0.2, -0.15) is 0 Å². The van der Waals surface area contributed by atoms with E-state index in [4.69, 9.17) is 4.74 Å². The number of nitrogens with one attached hydrogen (secondary N) is 1. The molecule has 3 atom stereocenters. The first-order chi connectivity index (χ1) is 11.2. The molecule has 0 amide bonds. The summed E-state index contributed by atoms with van der Waals surface area (Å²) in [6, 6.07) is 0.560. The SMILES string of the molecule is CCCC/C=C/C1CC(C2=CCC(OCCCC)C(C)=C2)CN1. The van der Waals surface area contributed by atoms with Crippen LogP contribution in [0.3, 0.4) is 0 Å². The Morgan fingerprint density at radius 2 is 2.09 bits per heavy atom. The molecule has 2 aliphatic rings. The van der Waals surface area contributed by atoms with Gasteiger partial charge >= 0.3 is 0 Å². The molecule has 2 nitrogen and oxygen atoms in total. The van der Waals surface area contributed by atoms with E-state index < -0.39 is 0 Å². The van der Waals surface area contributed by atoms with Crippen molar-refractivity contribution in [2.45, 2.75) is 77.9 Å². The van der Waals surface area contributed by atoms with E-state index in [1.54, 1.807) is 0 Å². The second-order valence-corrected chi connectivity index (χ2v) is 7.06. The molecule has 1 aliphatic heterocycles. The molecule has 23 heavy (non-hydrogen) atoms. The van der Waals surface area contributed by atoms with Gasteiger partial charge < -0.3 is 10.1 Å². The third-order valence-corrected chi connectivity index (χ3v) is 5.02. The zero-order valence-electron chi connectivity index (χ0n) is 15.3. The molecule has 3 unspecified atom stereocenters. The molecule has 1 saturated heterocycles. The molecule has 2 rings (SSSR count). The van der Waals surface area contributed by atoms with Crippen molar-refractivity contribution in [3.63, 3.8) is 0 Å². The summed E-state index contributed by atoms with van der Waals surface area (Å²) in [5.74, 6) is 0.669. The highest BCUT2D eigenvalue weighted by atomic mass is 16.5. The first-order valence-electron chi connectivity index (χ1n) is 9.64. The van der Waals surface area contributed by atoms with E-state index in [-0.39, 0.29) is 0 Å².